The zero-order chi connectivity index (χ0) is 7.97. The summed E-state index contributed by atoms with van der Waals surface area (Å²) in [5, 5.41) is 0. The summed E-state index contributed by atoms with van der Waals surface area (Å²) in [7, 11) is 0. The molecule has 0 aliphatic carbocycles. The first-order valence-electron chi connectivity index (χ1n) is 3.74. The van der Waals surface area contributed by atoms with Crippen LogP contribution in [0.25, 0.3) is 16.7 Å². The summed E-state index contributed by atoms with van der Waals surface area (Å²) in [6, 6.07) is 5.87. The summed E-state index contributed by atoms with van der Waals surface area (Å²) in [5.74, 6) is 0. The van der Waals surface area contributed by atoms with Gasteiger partial charge in [0.2, 0.25) is 0 Å². The van der Waals surface area contributed by atoms with E-state index in [1.165, 1.54) is 0 Å². The van der Waals surface area contributed by atoms with Crippen LogP contribution in [0.1, 0.15) is 0 Å². The first-order chi connectivity index (χ1) is 5.95. The lowest BCUT2D eigenvalue weighted by atomic mass is 10.4. The first kappa shape index (κ1) is 5.83. The molecule has 3 aromatic heterocycles. The SMILES string of the molecule is c1cc2ncc3occc3n2c1. The molecule has 0 fully saturated rings. The monoisotopic (exact) mass is 158 g/mol. The van der Waals surface area contributed by atoms with E-state index in [0.717, 1.165) is 16.7 Å². The lowest BCUT2D eigenvalue weighted by Gasteiger charge is -1.93. The molecule has 0 N–H and O–H groups in total. The second kappa shape index (κ2) is 1.88. The molecule has 3 aromatic rings. The minimum absolute atomic E-state index is 0.818. The van der Waals surface area contributed by atoms with Crippen molar-refractivity contribution >= 4 is 16.7 Å². The van der Waals surface area contributed by atoms with Crippen LogP contribution in [0.3, 0.4) is 0 Å². The normalized spacial score (nSPS) is 11.3. The van der Waals surface area contributed by atoms with Crippen LogP contribution in [0.5, 0.6) is 0 Å². The maximum atomic E-state index is 5.21. The molecule has 0 amide bonds. The topological polar surface area (TPSA) is 30.4 Å². The maximum absolute atomic E-state index is 5.21. The quantitative estimate of drug-likeness (QED) is 0.501. The van der Waals surface area contributed by atoms with E-state index in [9.17, 15) is 0 Å². The second-order valence-corrected chi connectivity index (χ2v) is 2.66. The van der Waals surface area contributed by atoms with Crippen LogP contribution in [-0.2, 0) is 0 Å². The van der Waals surface area contributed by atoms with Gasteiger partial charge in [0.15, 0.2) is 5.58 Å². The predicted molar refractivity (Wildman–Crippen MR) is 45.0 cm³/mol. The third-order valence-electron chi connectivity index (χ3n) is 1.97. The summed E-state index contributed by atoms with van der Waals surface area (Å²) in [6.45, 7) is 0. The molecular weight excluding hydrogens is 152 g/mol. The second-order valence-electron chi connectivity index (χ2n) is 2.66. The average Bonchev–Trinajstić information content (AvgIpc) is 2.71. The smallest absolute Gasteiger partial charge is 0.168 e. The minimum Gasteiger partial charge on any atom is -0.461 e. The van der Waals surface area contributed by atoms with Crippen molar-refractivity contribution in [1.82, 2.24) is 9.38 Å². The van der Waals surface area contributed by atoms with Crippen LogP contribution < -0.4 is 0 Å². The minimum atomic E-state index is 0.818. The molecule has 3 heteroatoms. The van der Waals surface area contributed by atoms with Gasteiger partial charge in [0.25, 0.3) is 0 Å². The van der Waals surface area contributed by atoms with E-state index in [0.29, 0.717) is 0 Å². The van der Waals surface area contributed by atoms with E-state index in [2.05, 4.69) is 4.98 Å². The number of nitrogens with zero attached hydrogens (tertiary/aromatic N) is 2. The van der Waals surface area contributed by atoms with Crippen molar-refractivity contribution in [3.63, 3.8) is 0 Å². The third kappa shape index (κ3) is 0.580. The van der Waals surface area contributed by atoms with Gasteiger partial charge in [-0.25, -0.2) is 4.98 Å². The fraction of sp³-hybridized carbons (Fsp3) is 0. The van der Waals surface area contributed by atoms with Crippen molar-refractivity contribution in [3.05, 3.63) is 36.9 Å². The molecule has 0 atom stereocenters. The first-order valence-corrected chi connectivity index (χ1v) is 3.74. The van der Waals surface area contributed by atoms with Gasteiger partial charge in [-0.2, -0.15) is 0 Å². The molecular formula is C9H6N2O. The van der Waals surface area contributed by atoms with Crippen LogP contribution in [-0.4, -0.2) is 9.38 Å². The van der Waals surface area contributed by atoms with Crippen LogP contribution in [0.15, 0.2) is 41.3 Å². The lowest BCUT2D eigenvalue weighted by molar-refractivity contribution is 0.613. The highest BCUT2D eigenvalue weighted by molar-refractivity contribution is 5.75. The van der Waals surface area contributed by atoms with Crippen molar-refractivity contribution in [3.8, 4) is 0 Å². The van der Waals surface area contributed by atoms with Crippen molar-refractivity contribution < 1.29 is 4.42 Å². The lowest BCUT2D eigenvalue weighted by Crippen LogP contribution is -1.84. The standard InChI is InChI=1S/C9H6N2O/c1-2-9-10-6-8-7(3-5-12-8)11(9)4-1/h1-6H. The Hall–Kier alpha value is -1.77. The molecule has 0 unspecified atom stereocenters. The summed E-state index contributed by atoms with van der Waals surface area (Å²) in [5.41, 5.74) is 2.83. The van der Waals surface area contributed by atoms with Gasteiger partial charge in [-0.15, -0.1) is 0 Å². The molecule has 0 saturated heterocycles. The Balaban J connectivity index is 2.71. The molecule has 0 bridgehead atoms. The Morgan fingerprint density at radius 2 is 2.33 bits per heavy atom. The highest BCUT2D eigenvalue weighted by Crippen LogP contribution is 2.15. The molecule has 0 radical (unpaired) electrons. The van der Waals surface area contributed by atoms with Gasteiger partial charge in [0.1, 0.15) is 5.65 Å². The zero-order valence-corrected chi connectivity index (χ0v) is 6.27. The number of hydrogen-bond acceptors (Lipinski definition) is 2. The van der Waals surface area contributed by atoms with Gasteiger partial charge in [-0.3, -0.25) is 4.40 Å². The van der Waals surface area contributed by atoms with Crippen LogP contribution >= 0.6 is 0 Å². The number of fused-ring (bicyclic) bond motifs is 3. The summed E-state index contributed by atoms with van der Waals surface area (Å²) in [6.07, 6.45) is 5.39. The molecule has 3 rings (SSSR count). The fourth-order valence-corrected chi connectivity index (χ4v) is 1.42. The van der Waals surface area contributed by atoms with Crippen LogP contribution in [0.4, 0.5) is 0 Å². The van der Waals surface area contributed by atoms with Crippen LogP contribution in [0.2, 0.25) is 0 Å². The number of rotatable bonds is 0. The predicted octanol–water partition coefficient (Wildman–Crippen LogP) is 2.08. The van der Waals surface area contributed by atoms with Crippen LogP contribution in [0, 0.1) is 0 Å². The van der Waals surface area contributed by atoms with Gasteiger partial charge in [-0.05, 0) is 12.1 Å². The van der Waals surface area contributed by atoms with Gasteiger partial charge in [-0.1, -0.05) is 0 Å². The molecule has 0 aliphatic heterocycles. The van der Waals surface area contributed by atoms with Gasteiger partial charge >= 0.3 is 0 Å². The molecule has 3 heterocycles. The highest BCUT2D eigenvalue weighted by atomic mass is 16.3. The highest BCUT2D eigenvalue weighted by Gasteiger charge is 2.00. The van der Waals surface area contributed by atoms with E-state index in [1.54, 1.807) is 12.5 Å². The summed E-state index contributed by atoms with van der Waals surface area (Å²) in [4.78, 5) is 4.21. The molecule has 0 aromatic carbocycles. The number of furan rings is 1. The third-order valence-corrected chi connectivity index (χ3v) is 1.97. The molecule has 58 valence electrons. The molecule has 12 heavy (non-hydrogen) atoms. The average molecular weight is 158 g/mol. The van der Waals surface area contributed by atoms with E-state index in [4.69, 9.17) is 4.42 Å². The summed E-state index contributed by atoms with van der Waals surface area (Å²) >= 11 is 0. The molecule has 0 saturated carbocycles. The van der Waals surface area contributed by atoms with Gasteiger partial charge in [0.05, 0.1) is 18.0 Å². The fourth-order valence-electron chi connectivity index (χ4n) is 1.42. The van der Waals surface area contributed by atoms with E-state index in [-0.39, 0.29) is 0 Å². The van der Waals surface area contributed by atoms with Crippen molar-refractivity contribution in [1.29, 1.82) is 0 Å². The Morgan fingerprint density at radius 3 is 3.33 bits per heavy atom. The van der Waals surface area contributed by atoms with Crippen molar-refractivity contribution in [2.45, 2.75) is 0 Å². The van der Waals surface area contributed by atoms with Crippen molar-refractivity contribution in [2.24, 2.45) is 0 Å². The maximum Gasteiger partial charge on any atom is 0.168 e. The van der Waals surface area contributed by atoms with Crippen molar-refractivity contribution in [2.75, 3.05) is 0 Å². The Bertz CT molecular complexity index is 486. The van der Waals surface area contributed by atoms with E-state index < -0.39 is 0 Å². The Morgan fingerprint density at radius 1 is 1.33 bits per heavy atom. The largest absolute Gasteiger partial charge is 0.461 e. The Labute approximate surface area is 68.2 Å². The summed E-state index contributed by atoms with van der Waals surface area (Å²) < 4.78 is 7.21. The molecule has 0 spiro atoms. The number of hydrogen-bond donors (Lipinski definition) is 0. The number of aromatic nitrogens is 2. The van der Waals surface area contributed by atoms with E-state index >= 15 is 0 Å². The Kier molecular flexibility index (Phi) is 0.913. The molecule has 0 aliphatic rings. The van der Waals surface area contributed by atoms with Gasteiger partial charge < -0.3 is 4.42 Å². The zero-order valence-electron chi connectivity index (χ0n) is 6.27. The van der Waals surface area contributed by atoms with Gasteiger partial charge in [0, 0.05) is 12.3 Å². The molecule has 3 nitrogen and oxygen atoms in total. The van der Waals surface area contributed by atoms with E-state index in [1.807, 2.05) is 28.8 Å².